The molecule has 1 saturated heterocycles. The minimum Gasteiger partial charge on any atom is -0.366 e. The van der Waals surface area contributed by atoms with Gasteiger partial charge in [0.2, 0.25) is 0 Å². The maximum atomic E-state index is 11.2. The zero-order chi connectivity index (χ0) is 12.4. The largest absolute Gasteiger partial charge is 0.366 e. The van der Waals surface area contributed by atoms with E-state index in [1.807, 2.05) is 23.9 Å². The third kappa shape index (κ3) is 2.45. The van der Waals surface area contributed by atoms with Gasteiger partial charge < -0.3 is 4.90 Å². The van der Waals surface area contributed by atoms with E-state index in [-0.39, 0.29) is 0 Å². The van der Waals surface area contributed by atoms with Gasteiger partial charge in [-0.05, 0) is 19.1 Å². The highest BCUT2D eigenvalue weighted by Gasteiger charge is 2.27. The molecule has 1 aliphatic heterocycles. The number of benzene rings is 1. The highest BCUT2D eigenvalue weighted by molar-refractivity contribution is 8.00. The van der Waals surface area contributed by atoms with Crippen LogP contribution in [0.3, 0.4) is 0 Å². The van der Waals surface area contributed by atoms with Crippen molar-refractivity contribution in [3.8, 4) is 0 Å². The lowest BCUT2D eigenvalue weighted by Crippen LogP contribution is -2.45. The summed E-state index contributed by atoms with van der Waals surface area (Å²) in [5, 5.41) is 1.11. The van der Waals surface area contributed by atoms with Crippen molar-refractivity contribution in [3.05, 3.63) is 28.8 Å². The second-order valence-electron chi connectivity index (χ2n) is 4.30. The molecule has 92 valence electrons. The first kappa shape index (κ1) is 12.8. The van der Waals surface area contributed by atoms with Crippen molar-refractivity contribution in [3.63, 3.8) is 0 Å². The lowest BCUT2D eigenvalue weighted by atomic mass is 10.1. The Bertz CT molecular complexity index is 424. The quantitative estimate of drug-likeness (QED) is 0.767. The number of hydrogen-bond donors (Lipinski definition) is 0. The number of nitrogens with zero attached hydrogens (tertiary/aromatic N) is 1. The molecule has 0 aromatic heterocycles. The molecule has 0 N–H and O–H groups in total. The Morgan fingerprint density at radius 2 is 2.24 bits per heavy atom. The molecular weight excluding hydrogens is 254 g/mol. The first-order valence-electron chi connectivity index (χ1n) is 5.77. The van der Waals surface area contributed by atoms with Gasteiger partial charge in [0.1, 0.15) is 0 Å². The Morgan fingerprint density at radius 3 is 2.94 bits per heavy atom. The topological polar surface area (TPSA) is 20.3 Å². The molecule has 4 heteroatoms. The molecule has 0 bridgehead atoms. The number of rotatable bonds is 2. The van der Waals surface area contributed by atoms with E-state index in [9.17, 15) is 4.79 Å². The number of aldehydes is 1. The second kappa shape index (κ2) is 5.32. The molecule has 2 nitrogen and oxygen atoms in total. The predicted molar refractivity (Wildman–Crippen MR) is 75.6 cm³/mol. The molecule has 0 saturated carbocycles. The fourth-order valence-corrected chi connectivity index (χ4v) is 3.48. The summed E-state index contributed by atoms with van der Waals surface area (Å²) < 4.78 is 0. The van der Waals surface area contributed by atoms with Crippen LogP contribution in [-0.4, -0.2) is 29.9 Å². The van der Waals surface area contributed by atoms with Crippen molar-refractivity contribution in [1.29, 1.82) is 0 Å². The summed E-state index contributed by atoms with van der Waals surface area (Å²) in [6.45, 7) is 5.40. The van der Waals surface area contributed by atoms with Crippen molar-refractivity contribution < 1.29 is 4.79 Å². The van der Waals surface area contributed by atoms with Crippen molar-refractivity contribution in [2.24, 2.45) is 0 Å². The molecule has 1 aromatic rings. The Balaban J connectivity index is 2.39. The normalized spacial score (nSPS) is 24.8. The van der Waals surface area contributed by atoms with Gasteiger partial charge in [-0.15, -0.1) is 0 Å². The van der Waals surface area contributed by atoms with E-state index in [2.05, 4.69) is 18.7 Å². The number of thioether (sulfide) groups is 1. The minimum atomic E-state index is 0.422. The van der Waals surface area contributed by atoms with Crippen molar-refractivity contribution in [1.82, 2.24) is 0 Å². The number of carbonyl (C=O) groups excluding carboxylic acids is 1. The highest BCUT2D eigenvalue weighted by Crippen LogP contribution is 2.33. The average Bonchev–Trinajstić information content (AvgIpc) is 2.32. The van der Waals surface area contributed by atoms with Crippen molar-refractivity contribution >= 4 is 35.3 Å². The lowest BCUT2D eigenvalue weighted by molar-refractivity contribution is 0.112. The summed E-state index contributed by atoms with van der Waals surface area (Å²) in [5.74, 6) is 1.09. The van der Waals surface area contributed by atoms with E-state index in [1.165, 1.54) is 0 Å². The van der Waals surface area contributed by atoms with Crippen LogP contribution in [0, 0.1) is 0 Å². The zero-order valence-corrected chi connectivity index (χ0v) is 11.6. The molecule has 2 atom stereocenters. The summed E-state index contributed by atoms with van der Waals surface area (Å²) in [4.78, 5) is 13.5. The van der Waals surface area contributed by atoms with E-state index in [0.717, 1.165) is 24.3 Å². The molecule has 2 unspecified atom stereocenters. The lowest BCUT2D eigenvalue weighted by Gasteiger charge is -2.39. The van der Waals surface area contributed by atoms with Gasteiger partial charge in [0, 0.05) is 29.3 Å². The molecule has 0 aliphatic carbocycles. The Morgan fingerprint density at radius 1 is 1.47 bits per heavy atom. The molecule has 1 fully saturated rings. The molecule has 0 spiro atoms. The highest BCUT2D eigenvalue weighted by atomic mass is 35.5. The molecular formula is C13H16ClNOS. The maximum absolute atomic E-state index is 11.2. The van der Waals surface area contributed by atoms with E-state index < -0.39 is 0 Å². The van der Waals surface area contributed by atoms with Crippen molar-refractivity contribution in [2.75, 3.05) is 17.2 Å². The van der Waals surface area contributed by atoms with Crippen LogP contribution in [0.5, 0.6) is 0 Å². The molecule has 0 amide bonds. The summed E-state index contributed by atoms with van der Waals surface area (Å²) in [6, 6.07) is 6.08. The van der Waals surface area contributed by atoms with E-state index in [0.29, 0.717) is 21.9 Å². The van der Waals surface area contributed by atoms with E-state index in [1.54, 1.807) is 6.07 Å². The van der Waals surface area contributed by atoms with Crippen LogP contribution in [0.2, 0.25) is 5.02 Å². The monoisotopic (exact) mass is 269 g/mol. The Hall–Kier alpha value is -0.670. The third-order valence-electron chi connectivity index (χ3n) is 3.34. The average molecular weight is 270 g/mol. The molecule has 1 aliphatic rings. The number of halogens is 1. The van der Waals surface area contributed by atoms with Gasteiger partial charge in [-0.3, -0.25) is 4.79 Å². The SMILES string of the molecule is CC1SCCN(c2cccc(Cl)c2C=O)C1C. The van der Waals surface area contributed by atoms with Crippen molar-refractivity contribution in [2.45, 2.75) is 25.1 Å². The fourth-order valence-electron chi connectivity index (χ4n) is 2.17. The van der Waals surface area contributed by atoms with E-state index in [4.69, 9.17) is 11.6 Å². The van der Waals surface area contributed by atoms with Crippen LogP contribution in [0.1, 0.15) is 24.2 Å². The predicted octanol–water partition coefficient (Wildman–Crippen LogP) is 3.48. The van der Waals surface area contributed by atoms with Gasteiger partial charge in [0.05, 0.1) is 10.6 Å². The smallest absolute Gasteiger partial charge is 0.153 e. The molecule has 1 aromatic carbocycles. The Kier molecular flexibility index (Phi) is 4.00. The van der Waals surface area contributed by atoms with Gasteiger partial charge in [0.15, 0.2) is 6.29 Å². The van der Waals surface area contributed by atoms with E-state index >= 15 is 0 Å². The second-order valence-corrected chi connectivity index (χ2v) is 6.19. The minimum absolute atomic E-state index is 0.422. The van der Waals surface area contributed by atoms with Crippen LogP contribution >= 0.6 is 23.4 Å². The van der Waals surface area contributed by atoms with Gasteiger partial charge in [-0.1, -0.05) is 24.6 Å². The summed E-state index contributed by atoms with van der Waals surface area (Å²) in [5.41, 5.74) is 1.58. The first-order valence-corrected chi connectivity index (χ1v) is 7.19. The summed E-state index contributed by atoms with van der Waals surface area (Å²) >= 11 is 8.05. The van der Waals surface area contributed by atoms with Crippen LogP contribution in [0.4, 0.5) is 5.69 Å². The van der Waals surface area contributed by atoms with Crippen LogP contribution in [0.25, 0.3) is 0 Å². The maximum Gasteiger partial charge on any atom is 0.153 e. The molecule has 17 heavy (non-hydrogen) atoms. The molecule has 1 heterocycles. The fraction of sp³-hybridized carbons (Fsp3) is 0.462. The number of hydrogen-bond acceptors (Lipinski definition) is 3. The number of carbonyl (C=O) groups is 1. The molecule has 2 rings (SSSR count). The Labute approximate surface area is 111 Å². The number of anilines is 1. The van der Waals surface area contributed by atoms with Gasteiger partial charge >= 0.3 is 0 Å². The standard InChI is InChI=1S/C13H16ClNOS/c1-9-10(2)17-7-6-15(9)13-5-3-4-12(14)11(13)8-16/h3-5,8-10H,6-7H2,1-2H3. The van der Waals surface area contributed by atoms with Gasteiger partial charge in [-0.25, -0.2) is 0 Å². The summed E-state index contributed by atoms with van der Waals surface area (Å²) in [6.07, 6.45) is 0.858. The zero-order valence-electron chi connectivity index (χ0n) is 10.0. The molecule has 0 radical (unpaired) electrons. The van der Waals surface area contributed by atoms with Crippen LogP contribution in [-0.2, 0) is 0 Å². The van der Waals surface area contributed by atoms with Crippen LogP contribution in [0.15, 0.2) is 18.2 Å². The third-order valence-corrected chi connectivity index (χ3v) is 5.01. The van der Waals surface area contributed by atoms with Gasteiger partial charge in [0.25, 0.3) is 0 Å². The summed E-state index contributed by atoms with van der Waals surface area (Å²) in [7, 11) is 0. The van der Waals surface area contributed by atoms with Gasteiger partial charge in [-0.2, -0.15) is 11.8 Å². The van der Waals surface area contributed by atoms with Crippen LogP contribution < -0.4 is 4.90 Å². The first-order chi connectivity index (χ1) is 8.15.